The molecule has 1 fully saturated rings. The number of hydrogen-bond donors (Lipinski definition) is 3. The number of nitrogens with one attached hydrogen (secondary N) is 2. The number of nitrogens with two attached hydrogens (primary N) is 1. The zero-order chi connectivity index (χ0) is 30.8. The van der Waals surface area contributed by atoms with Crippen molar-refractivity contribution in [2.75, 3.05) is 32.1 Å². The van der Waals surface area contributed by atoms with E-state index < -0.39 is 16.1 Å². The highest BCUT2D eigenvalue weighted by Crippen LogP contribution is 2.31. The summed E-state index contributed by atoms with van der Waals surface area (Å²) < 4.78 is 30.6. The monoisotopic (exact) mass is 627 g/mol. The van der Waals surface area contributed by atoms with Gasteiger partial charge in [0.05, 0.1) is 4.90 Å². The molecule has 0 bridgehead atoms. The van der Waals surface area contributed by atoms with Gasteiger partial charge < -0.3 is 21.0 Å². The Morgan fingerprint density at radius 2 is 1.98 bits per heavy atom. The number of likely N-dealkylation sites (tertiary alicyclic amines) is 1. The molecule has 2 aromatic carbocycles. The fourth-order valence-corrected chi connectivity index (χ4v) is 7.71. The van der Waals surface area contributed by atoms with Crippen LogP contribution in [0.1, 0.15) is 61.2 Å². The minimum Gasteiger partial charge on any atom is -0.377 e. The van der Waals surface area contributed by atoms with Gasteiger partial charge in [-0.15, -0.1) is 11.3 Å². The highest BCUT2D eigenvalue weighted by molar-refractivity contribution is 7.89. The molecule has 2 unspecified atom stereocenters. The van der Waals surface area contributed by atoms with Gasteiger partial charge in [-0.1, -0.05) is 24.3 Å². The molecule has 1 aromatic heterocycles. The lowest BCUT2D eigenvalue weighted by Crippen LogP contribution is -2.53. The first-order valence-electron chi connectivity index (χ1n) is 14.6. The third-order valence-corrected chi connectivity index (χ3v) is 10.1. The fourth-order valence-electron chi connectivity index (χ4n) is 5.66. The van der Waals surface area contributed by atoms with Crippen molar-refractivity contribution >= 4 is 55.8 Å². The highest BCUT2D eigenvalue weighted by atomic mass is 32.2. The van der Waals surface area contributed by atoms with Crippen LogP contribution >= 0.6 is 11.3 Å². The maximum Gasteiger partial charge on any atom is 0.241 e. The molecular weight excluding hydrogens is 587 g/mol. The zero-order valence-electron chi connectivity index (χ0n) is 24.7. The lowest BCUT2D eigenvalue weighted by Gasteiger charge is -2.38. The lowest BCUT2D eigenvalue weighted by molar-refractivity contribution is -0.137. The van der Waals surface area contributed by atoms with E-state index in [4.69, 9.17) is 5.84 Å². The van der Waals surface area contributed by atoms with Gasteiger partial charge in [0.25, 0.3) is 0 Å². The molecule has 0 saturated carbocycles. The predicted octanol–water partition coefficient (Wildman–Crippen LogP) is 3.72. The number of hydrogen-bond acceptors (Lipinski definition) is 9. The second kappa shape index (κ2) is 15.3. The van der Waals surface area contributed by atoms with Crippen LogP contribution in [0, 0.1) is 0 Å². The average Bonchev–Trinajstić information content (AvgIpc) is 3.55. The molecule has 1 aliphatic heterocycles. The summed E-state index contributed by atoms with van der Waals surface area (Å²) >= 11 is 1.33. The summed E-state index contributed by atoms with van der Waals surface area (Å²) in [6, 6.07) is 9.76. The van der Waals surface area contributed by atoms with Crippen LogP contribution in [0.3, 0.4) is 0 Å². The molecule has 2 atom stereocenters. The number of aromatic nitrogens is 1. The van der Waals surface area contributed by atoms with Crippen LogP contribution in [0.5, 0.6) is 0 Å². The fraction of sp³-hybridized carbons (Fsp3) is 0.467. The Balaban J connectivity index is 1.54. The van der Waals surface area contributed by atoms with Crippen LogP contribution in [-0.2, 0) is 14.8 Å². The van der Waals surface area contributed by atoms with Crippen LogP contribution in [-0.4, -0.2) is 75.6 Å². The van der Waals surface area contributed by atoms with Crippen molar-refractivity contribution in [3.8, 4) is 0 Å². The summed E-state index contributed by atoms with van der Waals surface area (Å²) in [7, 11) is -0.238. The smallest absolute Gasteiger partial charge is 0.241 e. The zero-order valence-corrected chi connectivity index (χ0v) is 26.4. The van der Waals surface area contributed by atoms with Crippen molar-refractivity contribution in [2.45, 2.75) is 68.3 Å². The number of Topliss-reactive ketones (excluding diaryl/α,β-unsaturated/α-hetero) is 1. The van der Waals surface area contributed by atoms with E-state index >= 15 is 0 Å². The number of benzene rings is 2. The standard InChI is InChI=1S/C30H41N7O4S2/c1-36(2)26-14-6-12-24-23(26)11-7-16-28(24)43(40,41)35-25(13-8-17-32-21-34-31)30(39)37-19-4-3-9-22(37)10-5-15-27(38)29-33-18-20-42-29/h6-7,11-12,14,16,18,20-22,25,35H,3-5,8-10,13,15,17,19,31H2,1-2H3,(H,32,34). The molecule has 232 valence electrons. The maximum atomic E-state index is 14.1. The topological polar surface area (TPSA) is 150 Å². The molecule has 1 saturated heterocycles. The molecule has 0 spiro atoms. The van der Waals surface area contributed by atoms with Crippen molar-refractivity contribution in [3.05, 3.63) is 53.0 Å². The van der Waals surface area contributed by atoms with Crippen molar-refractivity contribution in [1.82, 2.24) is 19.9 Å². The Labute approximate surface area is 257 Å². The van der Waals surface area contributed by atoms with Gasteiger partial charge in [0.1, 0.15) is 12.4 Å². The second-order valence-corrected chi connectivity index (χ2v) is 13.5. The molecule has 0 aliphatic carbocycles. The van der Waals surface area contributed by atoms with E-state index in [0.29, 0.717) is 55.6 Å². The van der Waals surface area contributed by atoms with Gasteiger partial charge >= 0.3 is 0 Å². The minimum atomic E-state index is -4.06. The number of nitrogens with zero attached hydrogens (tertiary/aromatic N) is 4. The minimum absolute atomic E-state index is 0.00959. The van der Waals surface area contributed by atoms with Crippen LogP contribution in [0.2, 0.25) is 0 Å². The second-order valence-electron chi connectivity index (χ2n) is 10.9. The van der Waals surface area contributed by atoms with Gasteiger partial charge in [-0.3, -0.25) is 9.59 Å². The molecule has 4 N–H and O–H groups in total. The number of anilines is 1. The van der Waals surface area contributed by atoms with E-state index in [1.807, 2.05) is 42.1 Å². The molecule has 1 aliphatic rings. The number of rotatable bonds is 15. The summed E-state index contributed by atoms with van der Waals surface area (Å²) in [4.78, 5) is 34.6. The van der Waals surface area contributed by atoms with Crippen LogP contribution in [0.4, 0.5) is 5.69 Å². The number of thiazole rings is 1. The number of carbonyl (C=O) groups is 2. The normalized spacial score (nSPS) is 16.4. The van der Waals surface area contributed by atoms with Gasteiger partial charge in [-0.25, -0.2) is 13.4 Å². The number of piperidine rings is 1. The molecular formula is C30H41N7O4S2. The number of amides is 1. The summed E-state index contributed by atoms with van der Waals surface area (Å²) in [6.45, 7) is 1.04. The summed E-state index contributed by atoms with van der Waals surface area (Å²) in [5.74, 6) is 4.94. The van der Waals surface area contributed by atoms with Crippen molar-refractivity contribution in [1.29, 1.82) is 0 Å². The maximum absolute atomic E-state index is 14.1. The SMILES string of the molecule is CN(C)c1cccc2c(S(=O)(=O)NC(CCCNC=NN)C(=O)N3CCCCC3CCCC(=O)c3nccs3)cccc12. The Kier molecular flexibility index (Phi) is 11.5. The molecule has 1 amide bonds. The average molecular weight is 628 g/mol. The van der Waals surface area contributed by atoms with Gasteiger partial charge in [0.15, 0.2) is 10.8 Å². The molecule has 4 rings (SSSR count). The van der Waals surface area contributed by atoms with Gasteiger partial charge in [-0.05, 0) is 57.1 Å². The molecule has 3 aromatic rings. The van der Waals surface area contributed by atoms with E-state index in [0.717, 1.165) is 30.3 Å². The van der Waals surface area contributed by atoms with E-state index in [1.165, 1.54) is 17.7 Å². The Morgan fingerprint density at radius 1 is 1.19 bits per heavy atom. The van der Waals surface area contributed by atoms with E-state index in [1.54, 1.807) is 29.8 Å². The quantitative estimate of drug-likeness (QED) is 0.0576. The summed E-state index contributed by atoms with van der Waals surface area (Å²) in [6.07, 6.45) is 8.14. The molecule has 11 nitrogen and oxygen atoms in total. The first-order valence-corrected chi connectivity index (χ1v) is 17.0. The van der Waals surface area contributed by atoms with Gasteiger partial charge in [0, 0.05) is 67.7 Å². The Bertz CT molecular complexity index is 1510. The van der Waals surface area contributed by atoms with E-state index in [2.05, 4.69) is 20.1 Å². The molecule has 43 heavy (non-hydrogen) atoms. The van der Waals surface area contributed by atoms with Gasteiger partial charge in [0.2, 0.25) is 15.9 Å². The molecule has 2 heterocycles. The highest BCUT2D eigenvalue weighted by Gasteiger charge is 2.34. The first kappa shape index (κ1) is 32.4. The van der Waals surface area contributed by atoms with E-state index in [-0.39, 0.29) is 22.6 Å². The number of carbonyl (C=O) groups excluding carboxylic acids is 2. The van der Waals surface area contributed by atoms with Crippen LogP contribution in [0.25, 0.3) is 10.8 Å². The Morgan fingerprint density at radius 3 is 2.72 bits per heavy atom. The predicted molar refractivity (Wildman–Crippen MR) is 172 cm³/mol. The molecule has 13 heteroatoms. The van der Waals surface area contributed by atoms with Crippen molar-refractivity contribution < 1.29 is 18.0 Å². The number of hydrazone groups is 1. The van der Waals surface area contributed by atoms with Gasteiger partial charge in [-0.2, -0.15) is 9.82 Å². The first-order chi connectivity index (χ1) is 20.7. The summed E-state index contributed by atoms with van der Waals surface area (Å²) in [5.41, 5.74) is 0.902. The van der Waals surface area contributed by atoms with E-state index in [9.17, 15) is 18.0 Å². The third-order valence-electron chi connectivity index (χ3n) is 7.73. The third kappa shape index (κ3) is 8.30. The Hall–Kier alpha value is -3.55. The number of fused-ring (bicyclic) bond motifs is 1. The lowest BCUT2D eigenvalue weighted by atomic mass is 9.95. The largest absolute Gasteiger partial charge is 0.377 e. The summed E-state index contributed by atoms with van der Waals surface area (Å²) in [5, 5.41) is 10.1. The van der Waals surface area contributed by atoms with Crippen molar-refractivity contribution in [3.63, 3.8) is 0 Å². The van der Waals surface area contributed by atoms with Crippen molar-refractivity contribution in [2.24, 2.45) is 10.9 Å². The molecule has 0 radical (unpaired) electrons. The number of ketones is 1. The van der Waals surface area contributed by atoms with Crippen LogP contribution in [0.15, 0.2) is 58.0 Å². The number of sulfonamides is 1. The van der Waals surface area contributed by atoms with Crippen LogP contribution < -0.4 is 20.8 Å².